The summed E-state index contributed by atoms with van der Waals surface area (Å²) in [5, 5.41) is 0. The van der Waals surface area contributed by atoms with Crippen LogP contribution in [-0.4, -0.2) is 46.7 Å². The number of carbonyl (C=O) groups excluding carboxylic acids is 1. The molecule has 0 saturated carbocycles. The molecule has 0 radical (unpaired) electrons. The molecule has 6 heteroatoms. The number of amides is 1. The van der Waals surface area contributed by atoms with Crippen molar-refractivity contribution in [3.05, 3.63) is 41.3 Å². The van der Waals surface area contributed by atoms with E-state index in [1.54, 1.807) is 0 Å². The number of morpholine rings is 1. The molecule has 1 aromatic carbocycles. The number of nitrogens with zero attached hydrogens (tertiary/aromatic N) is 3. The summed E-state index contributed by atoms with van der Waals surface area (Å²) < 4.78 is 7.38. The molecule has 1 fully saturated rings. The summed E-state index contributed by atoms with van der Waals surface area (Å²) >= 11 is 1.50. The Balaban J connectivity index is 1.66. The molecule has 0 bridgehead atoms. The molecule has 1 aliphatic heterocycles. The molecule has 0 N–H and O–H groups in total. The minimum absolute atomic E-state index is 0.0864. The zero-order chi connectivity index (χ0) is 15.8. The molecule has 118 valence electrons. The largest absolute Gasteiger partial charge is 0.378 e. The number of hydrogen-bond acceptors (Lipinski definition) is 4. The van der Waals surface area contributed by atoms with Gasteiger partial charge in [0.15, 0.2) is 5.82 Å². The van der Waals surface area contributed by atoms with Gasteiger partial charge in [0.1, 0.15) is 0 Å². The second kappa shape index (κ2) is 5.79. The number of benzene rings is 1. The van der Waals surface area contributed by atoms with Crippen LogP contribution in [-0.2, 0) is 11.8 Å². The lowest BCUT2D eigenvalue weighted by atomic mass is 10.3. The molecule has 3 heterocycles. The van der Waals surface area contributed by atoms with Gasteiger partial charge in [-0.2, -0.15) is 0 Å². The zero-order valence-electron chi connectivity index (χ0n) is 12.9. The molecule has 1 aliphatic rings. The Morgan fingerprint density at radius 2 is 1.96 bits per heavy atom. The van der Waals surface area contributed by atoms with Crippen molar-refractivity contribution < 1.29 is 9.53 Å². The first-order chi connectivity index (χ1) is 11.2. The van der Waals surface area contributed by atoms with E-state index in [1.807, 2.05) is 42.3 Å². The van der Waals surface area contributed by atoms with Crippen molar-refractivity contribution in [3.8, 4) is 10.7 Å². The number of aryl methyl sites for hydroxylation is 1. The van der Waals surface area contributed by atoms with E-state index in [9.17, 15) is 4.79 Å². The van der Waals surface area contributed by atoms with Crippen molar-refractivity contribution in [1.29, 1.82) is 0 Å². The molecule has 23 heavy (non-hydrogen) atoms. The van der Waals surface area contributed by atoms with Crippen molar-refractivity contribution >= 4 is 28.3 Å². The summed E-state index contributed by atoms with van der Waals surface area (Å²) in [6.45, 7) is 2.57. The summed E-state index contributed by atoms with van der Waals surface area (Å²) in [7, 11) is 2.01. The number of fused-ring (bicyclic) bond motifs is 1. The molecule has 3 aromatic rings. The van der Waals surface area contributed by atoms with Crippen LogP contribution in [0.5, 0.6) is 0 Å². The number of aromatic nitrogens is 2. The van der Waals surface area contributed by atoms with Gasteiger partial charge in [0, 0.05) is 20.1 Å². The van der Waals surface area contributed by atoms with E-state index < -0.39 is 0 Å². The Kier molecular flexibility index (Phi) is 3.63. The van der Waals surface area contributed by atoms with Crippen LogP contribution in [0.3, 0.4) is 0 Å². The molecule has 2 aromatic heterocycles. The standard InChI is InChI=1S/C17H17N3O2S/c1-19-13-5-3-2-4-12(13)18-16(19)14-6-7-15(23-14)17(21)20-8-10-22-11-9-20/h2-7H,8-11H2,1H3. The van der Waals surface area contributed by atoms with Crippen molar-refractivity contribution in [1.82, 2.24) is 14.5 Å². The number of rotatable bonds is 2. The summed E-state index contributed by atoms with van der Waals surface area (Å²) in [6, 6.07) is 11.9. The minimum atomic E-state index is 0.0864. The second-order valence-corrected chi connectivity index (χ2v) is 6.64. The Bertz CT molecular complexity index is 862. The van der Waals surface area contributed by atoms with Crippen molar-refractivity contribution in [3.63, 3.8) is 0 Å². The fraction of sp³-hybridized carbons (Fsp3) is 0.294. The number of thiophene rings is 1. The number of para-hydroxylation sites is 2. The third-order valence-corrected chi connectivity index (χ3v) is 5.19. The molecule has 0 unspecified atom stereocenters. The highest BCUT2D eigenvalue weighted by Gasteiger charge is 2.21. The van der Waals surface area contributed by atoms with Crippen LogP contribution in [0.25, 0.3) is 21.7 Å². The molecular formula is C17H17N3O2S. The average molecular weight is 327 g/mol. The van der Waals surface area contributed by atoms with Gasteiger partial charge in [-0.05, 0) is 24.3 Å². The Morgan fingerprint density at radius 1 is 1.17 bits per heavy atom. The minimum Gasteiger partial charge on any atom is -0.378 e. The molecule has 1 amide bonds. The highest BCUT2D eigenvalue weighted by Crippen LogP contribution is 2.30. The van der Waals surface area contributed by atoms with E-state index in [-0.39, 0.29) is 5.91 Å². The van der Waals surface area contributed by atoms with Crippen LogP contribution in [0.1, 0.15) is 9.67 Å². The van der Waals surface area contributed by atoms with Crippen LogP contribution in [0, 0.1) is 0 Å². The van der Waals surface area contributed by atoms with E-state index in [4.69, 9.17) is 9.72 Å². The van der Waals surface area contributed by atoms with Crippen molar-refractivity contribution in [2.45, 2.75) is 0 Å². The van der Waals surface area contributed by atoms with Gasteiger partial charge in [0.25, 0.3) is 5.91 Å². The first-order valence-corrected chi connectivity index (χ1v) is 8.44. The maximum Gasteiger partial charge on any atom is 0.264 e. The average Bonchev–Trinajstić information content (AvgIpc) is 3.20. The number of hydrogen-bond donors (Lipinski definition) is 0. The van der Waals surface area contributed by atoms with E-state index >= 15 is 0 Å². The van der Waals surface area contributed by atoms with E-state index in [0.29, 0.717) is 26.3 Å². The normalized spacial score (nSPS) is 15.3. The quantitative estimate of drug-likeness (QED) is 0.727. The van der Waals surface area contributed by atoms with Crippen molar-refractivity contribution in [2.24, 2.45) is 7.05 Å². The van der Waals surface area contributed by atoms with Gasteiger partial charge in [0.05, 0.1) is 34.0 Å². The van der Waals surface area contributed by atoms with Crippen LogP contribution in [0.2, 0.25) is 0 Å². The molecule has 0 atom stereocenters. The van der Waals surface area contributed by atoms with Gasteiger partial charge < -0.3 is 14.2 Å². The van der Waals surface area contributed by atoms with E-state index in [2.05, 4.69) is 10.6 Å². The maximum absolute atomic E-state index is 12.6. The first kappa shape index (κ1) is 14.4. The Hall–Kier alpha value is -2.18. The lowest BCUT2D eigenvalue weighted by molar-refractivity contribution is 0.0306. The molecule has 5 nitrogen and oxygen atoms in total. The molecular weight excluding hydrogens is 310 g/mol. The number of ether oxygens (including phenoxy) is 1. The number of carbonyl (C=O) groups is 1. The predicted molar refractivity (Wildman–Crippen MR) is 90.7 cm³/mol. The van der Waals surface area contributed by atoms with Gasteiger partial charge in [-0.25, -0.2) is 4.98 Å². The van der Waals surface area contributed by atoms with E-state index in [0.717, 1.165) is 26.6 Å². The molecule has 1 saturated heterocycles. The predicted octanol–water partition coefficient (Wildman–Crippen LogP) is 2.77. The third kappa shape index (κ3) is 2.54. The maximum atomic E-state index is 12.6. The van der Waals surface area contributed by atoms with E-state index in [1.165, 1.54) is 11.3 Å². The molecule has 0 aliphatic carbocycles. The molecule has 0 spiro atoms. The lowest BCUT2D eigenvalue weighted by Crippen LogP contribution is -2.40. The SMILES string of the molecule is Cn1c(-c2ccc(C(=O)N3CCOCC3)s2)nc2ccccc21. The summed E-state index contributed by atoms with van der Waals surface area (Å²) in [4.78, 5) is 20.9. The monoisotopic (exact) mass is 327 g/mol. The van der Waals surface area contributed by atoms with Gasteiger partial charge in [-0.1, -0.05) is 12.1 Å². The summed E-state index contributed by atoms with van der Waals surface area (Å²) in [5.41, 5.74) is 2.07. The highest BCUT2D eigenvalue weighted by molar-refractivity contribution is 7.17. The van der Waals surface area contributed by atoms with Gasteiger partial charge in [-0.15, -0.1) is 11.3 Å². The zero-order valence-corrected chi connectivity index (χ0v) is 13.7. The number of imidazole rings is 1. The Labute approximate surface area is 138 Å². The Morgan fingerprint density at radius 3 is 2.74 bits per heavy atom. The second-order valence-electron chi connectivity index (χ2n) is 5.55. The fourth-order valence-electron chi connectivity index (χ4n) is 2.86. The first-order valence-electron chi connectivity index (χ1n) is 7.63. The van der Waals surface area contributed by atoms with Gasteiger partial charge in [-0.3, -0.25) is 4.79 Å². The lowest BCUT2D eigenvalue weighted by Gasteiger charge is -2.26. The van der Waals surface area contributed by atoms with Gasteiger partial charge >= 0.3 is 0 Å². The van der Waals surface area contributed by atoms with Gasteiger partial charge in [0.2, 0.25) is 0 Å². The smallest absolute Gasteiger partial charge is 0.264 e. The highest BCUT2D eigenvalue weighted by atomic mass is 32.1. The molecule has 4 rings (SSSR count). The van der Waals surface area contributed by atoms with Crippen molar-refractivity contribution in [2.75, 3.05) is 26.3 Å². The van der Waals surface area contributed by atoms with Crippen LogP contribution >= 0.6 is 11.3 Å². The fourth-order valence-corrected chi connectivity index (χ4v) is 3.86. The van der Waals surface area contributed by atoms with Crippen LogP contribution in [0.4, 0.5) is 0 Å². The summed E-state index contributed by atoms with van der Waals surface area (Å²) in [6.07, 6.45) is 0. The topological polar surface area (TPSA) is 47.4 Å². The van der Waals surface area contributed by atoms with Crippen LogP contribution in [0.15, 0.2) is 36.4 Å². The third-order valence-electron chi connectivity index (χ3n) is 4.12. The van der Waals surface area contributed by atoms with Crippen LogP contribution < -0.4 is 0 Å². The summed E-state index contributed by atoms with van der Waals surface area (Å²) in [5.74, 6) is 0.987.